The molecule has 0 saturated heterocycles. The fourth-order valence-electron chi connectivity index (χ4n) is 1.14. The first-order valence-corrected chi connectivity index (χ1v) is 3.55. The van der Waals surface area contributed by atoms with Crippen LogP contribution >= 0.6 is 0 Å². The van der Waals surface area contributed by atoms with E-state index < -0.39 is 5.97 Å². The average Bonchev–Trinajstić information content (AvgIpc) is 2.50. The van der Waals surface area contributed by atoms with Crippen molar-refractivity contribution in [3.63, 3.8) is 0 Å². The van der Waals surface area contributed by atoms with Crippen LogP contribution in [0.4, 0.5) is 0 Å². The third kappa shape index (κ3) is 1.03. The number of fused-ring (bicyclic) bond motifs is 1. The van der Waals surface area contributed by atoms with Crippen molar-refractivity contribution in [3.05, 3.63) is 18.3 Å². The third-order valence-corrected chi connectivity index (χ3v) is 1.71. The van der Waals surface area contributed by atoms with Crippen LogP contribution < -0.4 is 0 Å². The number of aryl methyl sites for hydroxylation is 1. The van der Waals surface area contributed by atoms with E-state index in [4.69, 9.17) is 5.11 Å². The van der Waals surface area contributed by atoms with E-state index in [1.165, 1.54) is 17.2 Å². The number of aromatic nitrogens is 4. The SMILES string of the molecule is Cn1cnc2ncnc-2c1C(=O)O. The van der Waals surface area contributed by atoms with Gasteiger partial charge in [0.25, 0.3) is 0 Å². The molecule has 0 saturated carbocycles. The van der Waals surface area contributed by atoms with Crippen molar-refractivity contribution >= 4 is 5.97 Å². The molecule has 0 aromatic carbocycles. The monoisotopic (exact) mass is 178 g/mol. The molecule has 6 nitrogen and oxygen atoms in total. The van der Waals surface area contributed by atoms with Crippen molar-refractivity contribution in [2.45, 2.75) is 0 Å². The maximum Gasteiger partial charge on any atom is 0.354 e. The Hall–Kier alpha value is -1.98. The Bertz CT molecular complexity index is 436. The Balaban J connectivity index is 2.79. The lowest BCUT2D eigenvalue weighted by molar-refractivity contribution is 0.0686. The maximum atomic E-state index is 10.8. The highest BCUT2D eigenvalue weighted by Gasteiger charge is 2.19. The lowest BCUT2D eigenvalue weighted by Crippen LogP contribution is -2.12. The summed E-state index contributed by atoms with van der Waals surface area (Å²) in [5.74, 6) is -0.675. The predicted octanol–water partition coefficient (Wildman–Crippen LogP) is 0.0131. The van der Waals surface area contributed by atoms with E-state index in [2.05, 4.69) is 15.0 Å². The zero-order chi connectivity index (χ0) is 9.42. The molecule has 66 valence electrons. The molecule has 1 N–H and O–H groups in total. The summed E-state index contributed by atoms with van der Waals surface area (Å²) in [7, 11) is 1.60. The van der Waals surface area contributed by atoms with Gasteiger partial charge in [0.2, 0.25) is 0 Å². The molecule has 0 fully saturated rings. The van der Waals surface area contributed by atoms with Crippen molar-refractivity contribution in [3.8, 4) is 11.5 Å². The molecule has 0 atom stereocenters. The van der Waals surface area contributed by atoms with Crippen LogP contribution in [0, 0.1) is 0 Å². The van der Waals surface area contributed by atoms with Crippen molar-refractivity contribution in [1.82, 2.24) is 19.5 Å². The first-order valence-electron chi connectivity index (χ1n) is 3.55. The molecule has 0 aliphatic carbocycles. The number of hydrogen-bond acceptors (Lipinski definition) is 4. The molecule has 0 bridgehead atoms. The van der Waals surface area contributed by atoms with E-state index in [9.17, 15) is 4.79 Å². The van der Waals surface area contributed by atoms with E-state index in [0.717, 1.165) is 0 Å². The Morgan fingerprint density at radius 2 is 2.23 bits per heavy atom. The number of rotatable bonds is 1. The van der Waals surface area contributed by atoms with Crippen LogP contribution in [0.15, 0.2) is 12.7 Å². The van der Waals surface area contributed by atoms with Crippen molar-refractivity contribution in [2.75, 3.05) is 0 Å². The normalized spacial score (nSPS) is 10.5. The number of carbonyl (C=O) groups is 1. The molecule has 0 unspecified atom stereocenters. The number of aromatic carboxylic acids is 1. The van der Waals surface area contributed by atoms with Crippen LogP contribution in [0.2, 0.25) is 0 Å². The molecule has 13 heavy (non-hydrogen) atoms. The Morgan fingerprint density at radius 3 is 2.92 bits per heavy atom. The Labute approximate surface area is 73.2 Å². The molecule has 0 radical (unpaired) electrons. The standard InChI is InChI=1S/C7H6N4O2/c1-11-3-10-6-4(8-2-9-6)5(11)7(12)13/h2-3H,1H3,(H,12,13). The summed E-state index contributed by atoms with van der Waals surface area (Å²) < 4.78 is 1.40. The van der Waals surface area contributed by atoms with Crippen LogP contribution in [-0.4, -0.2) is 30.6 Å². The number of carboxylic acid groups (broad SMARTS) is 1. The van der Waals surface area contributed by atoms with Crippen molar-refractivity contribution in [1.29, 1.82) is 0 Å². The number of hydrogen-bond donors (Lipinski definition) is 1. The molecule has 2 heterocycles. The van der Waals surface area contributed by atoms with Crippen LogP contribution in [0.5, 0.6) is 0 Å². The molecule has 0 aromatic rings. The van der Waals surface area contributed by atoms with Gasteiger partial charge in [0.1, 0.15) is 12.0 Å². The van der Waals surface area contributed by atoms with Crippen LogP contribution in [0.1, 0.15) is 10.5 Å². The summed E-state index contributed by atoms with van der Waals surface area (Å²) in [4.78, 5) is 22.4. The van der Waals surface area contributed by atoms with Crippen molar-refractivity contribution < 1.29 is 9.90 Å². The fourth-order valence-corrected chi connectivity index (χ4v) is 1.14. The lowest BCUT2D eigenvalue weighted by Gasteiger charge is -2.05. The van der Waals surface area contributed by atoms with Gasteiger partial charge < -0.3 is 9.67 Å². The summed E-state index contributed by atoms with van der Waals surface area (Å²) in [5, 5.41) is 8.87. The van der Waals surface area contributed by atoms with E-state index >= 15 is 0 Å². The highest BCUT2D eigenvalue weighted by Crippen LogP contribution is 2.17. The van der Waals surface area contributed by atoms with E-state index in [-0.39, 0.29) is 5.69 Å². The zero-order valence-corrected chi connectivity index (χ0v) is 6.80. The minimum atomic E-state index is -1.03. The van der Waals surface area contributed by atoms with Gasteiger partial charge in [-0.2, -0.15) is 0 Å². The molecule has 2 aliphatic heterocycles. The molecule has 0 aromatic heterocycles. The van der Waals surface area contributed by atoms with Gasteiger partial charge in [-0.05, 0) is 0 Å². The minimum absolute atomic E-state index is 0.0995. The summed E-state index contributed by atoms with van der Waals surface area (Å²) in [6.07, 6.45) is 2.70. The summed E-state index contributed by atoms with van der Waals surface area (Å²) in [5.41, 5.74) is 0.417. The number of imidazole rings is 1. The molecule has 2 aliphatic rings. The van der Waals surface area contributed by atoms with Gasteiger partial charge in [-0.1, -0.05) is 0 Å². The third-order valence-electron chi connectivity index (χ3n) is 1.71. The smallest absolute Gasteiger partial charge is 0.354 e. The molecule has 0 amide bonds. The van der Waals surface area contributed by atoms with Gasteiger partial charge in [-0.3, -0.25) is 0 Å². The van der Waals surface area contributed by atoms with E-state index in [0.29, 0.717) is 11.5 Å². The van der Waals surface area contributed by atoms with Crippen LogP contribution in [0.25, 0.3) is 11.5 Å². The highest BCUT2D eigenvalue weighted by molar-refractivity contribution is 5.92. The van der Waals surface area contributed by atoms with E-state index in [1.807, 2.05) is 0 Å². The predicted molar refractivity (Wildman–Crippen MR) is 42.4 cm³/mol. The second-order valence-corrected chi connectivity index (χ2v) is 2.56. The largest absolute Gasteiger partial charge is 0.477 e. The number of nitrogens with zero attached hydrogens (tertiary/aromatic N) is 4. The van der Waals surface area contributed by atoms with Crippen LogP contribution in [-0.2, 0) is 7.05 Å². The van der Waals surface area contributed by atoms with Crippen LogP contribution in [0.3, 0.4) is 0 Å². The van der Waals surface area contributed by atoms with Gasteiger partial charge in [0, 0.05) is 7.05 Å². The lowest BCUT2D eigenvalue weighted by atomic mass is 10.3. The van der Waals surface area contributed by atoms with Gasteiger partial charge in [-0.25, -0.2) is 19.7 Å². The van der Waals surface area contributed by atoms with Gasteiger partial charge in [-0.15, -0.1) is 0 Å². The number of carboxylic acids is 1. The first kappa shape index (κ1) is 7.66. The second-order valence-electron chi connectivity index (χ2n) is 2.56. The zero-order valence-electron chi connectivity index (χ0n) is 6.80. The van der Waals surface area contributed by atoms with E-state index in [1.54, 1.807) is 7.05 Å². The first-order chi connectivity index (χ1) is 6.20. The average molecular weight is 178 g/mol. The molecule has 2 rings (SSSR count). The Morgan fingerprint density at radius 1 is 1.46 bits per heavy atom. The Kier molecular flexibility index (Phi) is 1.48. The van der Waals surface area contributed by atoms with Gasteiger partial charge >= 0.3 is 5.97 Å². The highest BCUT2D eigenvalue weighted by atomic mass is 16.4. The summed E-state index contributed by atoms with van der Waals surface area (Å²) in [6.45, 7) is 0. The quantitative estimate of drug-likeness (QED) is 0.665. The molecular weight excluding hydrogens is 172 g/mol. The molecule has 6 heteroatoms. The fraction of sp³-hybridized carbons (Fsp3) is 0.143. The van der Waals surface area contributed by atoms with Gasteiger partial charge in [0.15, 0.2) is 11.5 Å². The maximum absolute atomic E-state index is 10.8. The van der Waals surface area contributed by atoms with Crippen molar-refractivity contribution in [2.24, 2.45) is 7.05 Å². The second kappa shape index (κ2) is 2.51. The summed E-state index contributed by atoms with van der Waals surface area (Å²) >= 11 is 0. The summed E-state index contributed by atoms with van der Waals surface area (Å²) in [6, 6.07) is 0. The topological polar surface area (TPSA) is 80.9 Å². The molecular formula is C7H6N4O2. The molecule has 0 spiro atoms. The minimum Gasteiger partial charge on any atom is -0.477 e. The van der Waals surface area contributed by atoms with Gasteiger partial charge in [0.05, 0.1) is 6.33 Å².